The molecule has 82 valence electrons. The van der Waals surface area contributed by atoms with Crippen molar-refractivity contribution >= 4 is 0 Å². The molecular weight excluding hydrogens is 191 g/mol. The summed E-state index contributed by atoms with van der Waals surface area (Å²) in [6.45, 7) is 2.28. The van der Waals surface area contributed by atoms with Gasteiger partial charge in [-0.1, -0.05) is 19.4 Å². The lowest BCUT2D eigenvalue weighted by Crippen LogP contribution is -2.25. The number of rotatable bonds is 3. The van der Waals surface area contributed by atoms with Crippen LogP contribution < -0.4 is 4.74 Å². The zero-order valence-electron chi connectivity index (χ0n) is 9.29. The minimum atomic E-state index is -0.225. The molecule has 1 nitrogen and oxygen atoms in total. The third-order valence-corrected chi connectivity index (χ3v) is 3.53. The normalized spacial score (nSPS) is 24.7. The van der Waals surface area contributed by atoms with Crippen LogP contribution in [-0.2, 0) is 6.42 Å². The fourth-order valence-corrected chi connectivity index (χ4v) is 2.21. The first-order valence-corrected chi connectivity index (χ1v) is 5.53. The number of benzene rings is 1. The average molecular weight is 208 g/mol. The van der Waals surface area contributed by atoms with Crippen LogP contribution in [0, 0.1) is 17.7 Å². The van der Waals surface area contributed by atoms with Crippen LogP contribution in [0.2, 0.25) is 0 Å². The van der Waals surface area contributed by atoms with Crippen LogP contribution in [0.15, 0.2) is 18.2 Å². The van der Waals surface area contributed by atoms with Crippen LogP contribution in [0.25, 0.3) is 0 Å². The Bertz CT molecular complexity index is 348. The first kappa shape index (κ1) is 10.5. The molecule has 2 rings (SSSR count). The largest absolute Gasteiger partial charge is 0.496 e. The summed E-state index contributed by atoms with van der Waals surface area (Å²) in [5.41, 5.74) is 1.13. The molecule has 0 spiro atoms. The van der Waals surface area contributed by atoms with Gasteiger partial charge in [0.15, 0.2) is 0 Å². The van der Waals surface area contributed by atoms with Crippen LogP contribution in [0.1, 0.15) is 25.3 Å². The molecule has 1 aromatic rings. The maximum Gasteiger partial charge on any atom is 0.126 e. The fourth-order valence-electron chi connectivity index (χ4n) is 2.21. The molecule has 0 N–H and O–H groups in total. The molecule has 2 atom stereocenters. The number of hydrogen-bond donors (Lipinski definition) is 0. The lowest BCUT2D eigenvalue weighted by Gasteiger charge is -2.34. The predicted octanol–water partition coefficient (Wildman–Crippen LogP) is 3.42. The fraction of sp³-hybridized carbons (Fsp3) is 0.538. The van der Waals surface area contributed by atoms with Gasteiger partial charge in [-0.3, -0.25) is 0 Å². The molecule has 1 saturated carbocycles. The monoisotopic (exact) mass is 208 g/mol. The maximum absolute atomic E-state index is 13.0. The van der Waals surface area contributed by atoms with Crippen molar-refractivity contribution in [2.75, 3.05) is 7.11 Å². The van der Waals surface area contributed by atoms with Gasteiger partial charge in [0, 0.05) is 6.07 Å². The molecule has 1 aliphatic carbocycles. The van der Waals surface area contributed by atoms with Crippen molar-refractivity contribution in [1.29, 1.82) is 0 Å². The molecular formula is C13H17FO. The van der Waals surface area contributed by atoms with Crippen LogP contribution in [0.3, 0.4) is 0 Å². The highest BCUT2D eigenvalue weighted by Gasteiger charge is 2.27. The molecule has 0 heterocycles. The lowest BCUT2D eigenvalue weighted by atomic mass is 9.72. The van der Waals surface area contributed by atoms with Gasteiger partial charge in [-0.15, -0.1) is 0 Å². The summed E-state index contributed by atoms with van der Waals surface area (Å²) < 4.78 is 18.2. The van der Waals surface area contributed by atoms with E-state index in [1.165, 1.54) is 25.0 Å². The van der Waals surface area contributed by atoms with Gasteiger partial charge in [0.2, 0.25) is 0 Å². The van der Waals surface area contributed by atoms with Gasteiger partial charge in [-0.05, 0) is 36.3 Å². The van der Waals surface area contributed by atoms with E-state index >= 15 is 0 Å². The molecule has 1 unspecified atom stereocenters. The maximum atomic E-state index is 13.0. The number of hydrogen-bond acceptors (Lipinski definition) is 1. The van der Waals surface area contributed by atoms with Gasteiger partial charge < -0.3 is 4.74 Å². The molecule has 0 radical (unpaired) electrons. The number of methoxy groups -OCH3 is 1. The topological polar surface area (TPSA) is 9.23 Å². The van der Waals surface area contributed by atoms with Gasteiger partial charge >= 0.3 is 0 Å². The quantitative estimate of drug-likeness (QED) is 0.739. The van der Waals surface area contributed by atoms with E-state index in [2.05, 4.69) is 6.92 Å². The second-order valence-corrected chi connectivity index (χ2v) is 4.48. The van der Waals surface area contributed by atoms with E-state index < -0.39 is 0 Å². The van der Waals surface area contributed by atoms with Gasteiger partial charge in [0.25, 0.3) is 0 Å². The second kappa shape index (κ2) is 4.21. The standard InChI is InChI=1S/C13H17FO/c1-9-3-4-10(9)7-11-5-6-12(14)8-13(11)15-2/h5-6,8-10H,3-4,7H2,1-2H3/t9-,10?/m1/s1. The van der Waals surface area contributed by atoms with Gasteiger partial charge in [-0.25, -0.2) is 4.39 Å². The van der Waals surface area contributed by atoms with Crippen LogP contribution in [-0.4, -0.2) is 7.11 Å². The van der Waals surface area contributed by atoms with E-state index in [4.69, 9.17) is 4.74 Å². The lowest BCUT2D eigenvalue weighted by molar-refractivity contribution is 0.194. The summed E-state index contributed by atoms with van der Waals surface area (Å²) in [6, 6.07) is 4.83. The van der Waals surface area contributed by atoms with Crippen molar-refractivity contribution in [1.82, 2.24) is 0 Å². The van der Waals surface area contributed by atoms with Crippen molar-refractivity contribution in [3.8, 4) is 5.75 Å². The van der Waals surface area contributed by atoms with Gasteiger partial charge in [0.05, 0.1) is 7.11 Å². The zero-order chi connectivity index (χ0) is 10.8. The molecule has 1 fully saturated rings. The Hall–Kier alpha value is -1.05. The third kappa shape index (κ3) is 2.14. The molecule has 0 aromatic heterocycles. The Morgan fingerprint density at radius 1 is 1.40 bits per heavy atom. The summed E-state index contributed by atoms with van der Waals surface area (Å²) in [7, 11) is 1.60. The number of halogens is 1. The van der Waals surface area contributed by atoms with Crippen LogP contribution in [0.4, 0.5) is 4.39 Å². The van der Waals surface area contributed by atoms with Gasteiger partial charge in [-0.2, -0.15) is 0 Å². The Morgan fingerprint density at radius 3 is 2.73 bits per heavy atom. The van der Waals surface area contributed by atoms with Crippen molar-refractivity contribution in [3.05, 3.63) is 29.6 Å². The molecule has 0 saturated heterocycles. The molecule has 1 aliphatic rings. The summed E-state index contributed by atoms with van der Waals surface area (Å²) in [4.78, 5) is 0. The van der Waals surface area contributed by atoms with Crippen LogP contribution >= 0.6 is 0 Å². The molecule has 1 aromatic carbocycles. The van der Waals surface area contributed by atoms with Crippen molar-refractivity contribution < 1.29 is 9.13 Å². The van der Waals surface area contributed by atoms with E-state index in [1.54, 1.807) is 7.11 Å². The molecule has 2 heteroatoms. The molecule has 15 heavy (non-hydrogen) atoms. The second-order valence-electron chi connectivity index (χ2n) is 4.48. The highest BCUT2D eigenvalue weighted by molar-refractivity contribution is 5.34. The Kier molecular flexibility index (Phi) is 2.94. The van der Waals surface area contributed by atoms with Gasteiger partial charge in [0.1, 0.15) is 11.6 Å². The third-order valence-electron chi connectivity index (χ3n) is 3.53. The highest BCUT2D eigenvalue weighted by atomic mass is 19.1. The first-order chi connectivity index (χ1) is 7.20. The minimum absolute atomic E-state index is 0.225. The van der Waals surface area contributed by atoms with E-state index in [0.29, 0.717) is 5.75 Å². The molecule has 0 amide bonds. The molecule has 0 aliphatic heterocycles. The number of ether oxygens (including phenoxy) is 1. The minimum Gasteiger partial charge on any atom is -0.496 e. The summed E-state index contributed by atoms with van der Waals surface area (Å²) in [6.07, 6.45) is 3.64. The van der Waals surface area contributed by atoms with E-state index in [1.807, 2.05) is 6.07 Å². The summed E-state index contributed by atoms with van der Waals surface area (Å²) in [5.74, 6) is 2.02. The van der Waals surface area contributed by atoms with Crippen molar-refractivity contribution in [2.24, 2.45) is 11.8 Å². The SMILES string of the molecule is COc1cc(F)ccc1CC1CC[C@H]1C. The summed E-state index contributed by atoms with van der Waals surface area (Å²) >= 11 is 0. The first-order valence-electron chi connectivity index (χ1n) is 5.53. The Labute approximate surface area is 90.3 Å². The van der Waals surface area contributed by atoms with Crippen molar-refractivity contribution in [2.45, 2.75) is 26.2 Å². The Morgan fingerprint density at radius 2 is 2.20 bits per heavy atom. The smallest absolute Gasteiger partial charge is 0.126 e. The van der Waals surface area contributed by atoms with E-state index in [-0.39, 0.29) is 5.82 Å². The van der Waals surface area contributed by atoms with E-state index in [9.17, 15) is 4.39 Å². The highest BCUT2D eigenvalue weighted by Crippen LogP contribution is 2.37. The van der Waals surface area contributed by atoms with Crippen molar-refractivity contribution in [3.63, 3.8) is 0 Å². The zero-order valence-corrected chi connectivity index (χ0v) is 9.29. The summed E-state index contributed by atoms with van der Waals surface area (Å²) in [5, 5.41) is 0. The Balaban J connectivity index is 2.13. The van der Waals surface area contributed by atoms with Crippen LogP contribution in [0.5, 0.6) is 5.75 Å². The molecule has 0 bridgehead atoms. The van der Waals surface area contributed by atoms with E-state index in [0.717, 1.165) is 23.8 Å². The average Bonchev–Trinajstić information content (AvgIpc) is 2.25. The predicted molar refractivity (Wildman–Crippen MR) is 58.5 cm³/mol.